The quantitative estimate of drug-likeness (QED) is 0.842. The second-order valence-electron chi connectivity index (χ2n) is 6.07. The van der Waals surface area contributed by atoms with Crippen molar-refractivity contribution in [2.24, 2.45) is 0 Å². The Morgan fingerprint density at radius 1 is 1.10 bits per heavy atom. The van der Waals surface area contributed by atoms with E-state index in [0.717, 1.165) is 32.7 Å². The summed E-state index contributed by atoms with van der Waals surface area (Å²) < 4.78 is 11.5. The van der Waals surface area contributed by atoms with Gasteiger partial charge in [-0.05, 0) is 26.0 Å². The van der Waals surface area contributed by atoms with Gasteiger partial charge in [-0.3, -0.25) is 4.90 Å². The summed E-state index contributed by atoms with van der Waals surface area (Å²) in [5.41, 5.74) is 1.33. The van der Waals surface area contributed by atoms with Gasteiger partial charge in [0.25, 0.3) is 0 Å². The fraction of sp³-hybridized carbons (Fsp3) is 0.625. The number of hydrogen-bond acceptors (Lipinski definition) is 4. The van der Waals surface area contributed by atoms with Gasteiger partial charge in [-0.1, -0.05) is 18.2 Å². The number of piperazine rings is 1. The maximum atomic E-state index is 5.89. The third kappa shape index (κ3) is 3.32. The van der Waals surface area contributed by atoms with Crippen LogP contribution in [0.3, 0.4) is 0 Å². The summed E-state index contributed by atoms with van der Waals surface area (Å²) in [6.07, 6.45) is 0.216. The van der Waals surface area contributed by atoms with Crippen LogP contribution in [0.5, 0.6) is 0 Å². The zero-order valence-electron chi connectivity index (χ0n) is 12.4. The molecule has 1 aromatic rings. The Balaban J connectivity index is 1.47. The molecule has 0 aliphatic carbocycles. The second kappa shape index (κ2) is 5.72. The van der Waals surface area contributed by atoms with Crippen LogP contribution < -0.4 is 4.90 Å². The van der Waals surface area contributed by atoms with Gasteiger partial charge in [0, 0.05) is 38.4 Å². The average Bonchev–Trinajstić information content (AvgIpc) is 2.80. The lowest BCUT2D eigenvalue weighted by Crippen LogP contribution is -2.49. The van der Waals surface area contributed by atoms with Gasteiger partial charge in [-0.2, -0.15) is 0 Å². The summed E-state index contributed by atoms with van der Waals surface area (Å²) in [6, 6.07) is 10.7. The second-order valence-corrected chi connectivity index (χ2v) is 6.07. The van der Waals surface area contributed by atoms with Crippen LogP contribution in [-0.4, -0.2) is 56.1 Å². The van der Waals surface area contributed by atoms with E-state index in [1.54, 1.807) is 0 Å². The molecule has 2 aliphatic rings. The van der Waals surface area contributed by atoms with E-state index in [1.807, 2.05) is 13.8 Å². The Hall–Kier alpha value is -1.10. The van der Waals surface area contributed by atoms with Crippen molar-refractivity contribution in [3.8, 4) is 0 Å². The van der Waals surface area contributed by atoms with Crippen LogP contribution in [0.25, 0.3) is 0 Å². The van der Waals surface area contributed by atoms with Crippen LogP contribution in [0.2, 0.25) is 0 Å². The highest BCUT2D eigenvalue weighted by molar-refractivity contribution is 5.46. The number of rotatable bonds is 3. The van der Waals surface area contributed by atoms with Gasteiger partial charge in [0.1, 0.15) is 0 Å². The Morgan fingerprint density at radius 3 is 2.40 bits per heavy atom. The fourth-order valence-electron chi connectivity index (χ4n) is 2.97. The average molecular weight is 276 g/mol. The third-order valence-corrected chi connectivity index (χ3v) is 4.02. The monoisotopic (exact) mass is 276 g/mol. The van der Waals surface area contributed by atoms with Crippen LogP contribution in [0, 0.1) is 0 Å². The predicted molar refractivity (Wildman–Crippen MR) is 80.0 cm³/mol. The largest absolute Gasteiger partial charge is 0.369 e. The molecule has 4 heteroatoms. The third-order valence-electron chi connectivity index (χ3n) is 4.02. The van der Waals surface area contributed by atoms with E-state index in [9.17, 15) is 0 Å². The highest BCUT2D eigenvalue weighted by Gasteiger charge is 2.34. The molecule has 2 fully saturated rings. The summed E-state index contributed by atoms with van der Waals surface area (Å²) in [4.78, 5) is 4.93. The van der Waals surface area contributed by atoms with E-state index < -0.39 is 5.79 Å². The lowest BCUT2D eigenvalue weighted by molar-refractivity contribution is -0.140. The number of ether oxygens (including phenoxy) is 2. The lowest BCUT2D eigenvalue weighted by atomic mass is 10.2. The Kier molecular flexibility index (Phi) is 3.96. The molecule has 2 heterocycles. The maximum Gasteiger partial charge on any atom is 0.163 e. The molecule has 4 nitrogen and oxygen atoms in total. The van der Waals surface area contributed by atoms with E-state index in [1.165, 1.54) is 5.69 Å². The zero-order valence-corrected chi connectivity index (χ0v) is 12.4. The maximum absolute atomic E-state index is 5.89. The first-order chi connectivity index (χ1) is 9.62. The van der Waals surface area contributed by atoms with Crippen LogP contribution in [0.15, 0.2) is 30.3 Å². The molecular formula is C16H24N2O2. The molecule has 110 valence electrons. The van der Waals surface area contributed by atoms with Crippen molar-refractivity contribution in [3.63, 3.8) is 0 Å². The summed E-state index contributed by atoms with van der Waals surface area (Å²) in [7, 11) is 0. The number of para-hydroxylation sites is 1. The van der Waals surface area contributed by atoms with Crippen molar-refractivity contribution in [3.05, 3.63) is 30.3 Å². The number of hydrogen-bond donors (Lipinski definition) is 0. The van der Waals surface area contributed by atoms with Gasteiger partial charge in [0.2, 0.25) is 0 Å². The van der Waals surface area contributed by atoms with E-state index >= 15 is 0 Å². The molecule has 0 saturated carbocycles. The van der Waals surface area contributed by atoms with Crippen LogP contribution in [0.4, 0.5) is 5.69 Å². The number of benzene rings is 1. The van der Waals surface area contributed by atoms with Crippen LogP contribution in [-0.2, 0) is 9.47 Å². The molecule has 1 atom stereocenters. The molecule has 3 rings (SSSR count). The van der Waals surface area contributed by atoms with Crippen molar-refractivity contribution < 1.29 is 9.47 Å². The van der Waals surface area contributed by atoms with Gasteiger partial charge in [0.15, 0.2) is 5.79 Å². The van der Waals surface area contributed by atoms with Gasteiger partial charge >= 0.3 is 0 Å². The van der Waals surface area contributed by atoms with E-state index in [2.05, 4.69) is 40.1 Å². The van der Waals surface area contributed by atoms with Crippen molar-refractivity contribution >= 4 is 5.69 Å². The standard InChI is InChI=1S/C16H24N2O2/c1-16(2)19-13-15(20-16)12-17-8-10-18(11-9-17)14-6-4-3-5-7-14/h3-7,15H,8-13H2,1-2H3. The normalized spacial score (nSPS) is 26.9. The SMILES string of the molecule is CC1(C)OCC(CN2CCN(c3ccccc3)CC2)O1. The van der Waals surface area contributed by atoms with Gasteiger partial charge in [-0.15, -0.1) is 0 Å². The molecule has 0 bridgehead atoms. The first-order valence-corrected chi connectivity index (χ1v) is 7.46. The summed E-state index contributed by atoms with van der Waals surface area (Å²) in [5.74, 6) is -0.406. The molecule has 0 aromatic heterocycles. The Bertz CT molecular complexity index is 427. The highest BCUT2D eigenvalue weighted by atomic mass is 16.7. The van der Waals surface area contributed by atoms with Crippen molar-refractivity contribution in [2.45, 2.75) is 25.7 Å². The van der Waals surface area contributed by atoms with Crippen LogP contribution in [0.1, 0.15) is 13.8 Å². The number of anilines is 1. The highest BCUT2D eigenvalue weighted by Crippen LogP contribution is 2.23. The first kappa shape index (κ1) is 13.9. The molecular weight excluding hydrogens is 252 g/mol. The molecule has 1 unspecified atom stereocenters. The summed E-state index contributed by atoms with van der Waals surface area (Å²) in [6.45, 7) is 10.0. The molecule has 1 aromatic carbocycles. The van der Waals surface area contributed by atoms with Gasteiger partial charge < -0.3 is 14.4 Å². The van der Waals surface area contributed by atoms with E-state index in [0.29, 0.717) is 6.61 Å². The topological polar surface area (TPSA) is 24.9 Å². The molecule has 20 heavy (non-hydrogen) atoms. The lowest BCUT2D eigenvalue weighted by Gasteiger charge is -2.37. The summed E-state index contributed by atoms with van der Waals surface area (Å²) >= 11 is 0. The molecule has 0 spiro atoms. The number of nitrogens with zero attached hydrogens (tertiary/aromatic N) is 2. The van der Waals surface area contributed by atoms with E-state index in [4.69, 9.17) is 9.47 Å². The minimum atomic E-state index is -0.406. The minimum absolute atomic E-state index is 0.216. The molecule has 0 N–H and O–H groups in total. The smallest absolute Gasteiger partial charge is 0.163 e. The minimum Gasteiger partial charge on any atom is -0.369 e. The fourth-order valence-corrected chi connectivity index (χ4v) is 2.97. The molecule has 0 radical (unpaired) electrons. The molecule has 2 saturated heterocycles. The van der Waals surface area contributed by atoms with Crippen molar-refractivity contribution in [1.29, 1.82) is 0 Å². The summed E-state index contributed by atoms with van der Waals surface area (Å²) in [5, 5.41) is 0. The van der Waals surface area contributed by atoms with Gasteiger partial charge in [0.05, 0.1) is 12.7 Å². The predicted octanol–water partition coefficient (Wildman–Crippen LogP) is 1.96. The van der Waals surface area contributed by atoms with Crippen LogP contribution >= 0.6 is 0 Å². The molecule has 2 aliphatic heterocycles. The Morgan fingerprint density at radius 2 is 1.80 bits per heavy atom. The van der Waals surface area contributed by atoms with E-state index in [-0.39, 0.29) is 6.10 Å². The van der Waals surface area contributed by atoms with Crippen molar-refractivity contribution in [1.82, 2.24) is 4.90 Å². The zero-order chi connectivity index (χ0) is 14.0. The van der Waals surface area contributed by atoms with Crippen molar-refractivity contribution in [2.75, 3.05) is 44.2 Å². The van der Waals surface area contributed by atoms with Gasteiger partial charge in [-0.25, -0.2) is 0 Å². The first-order valence-electron chi connectivity index (χ1n) is 7.46. The molecule has 0 amide bonds. The Labute approximate surface area is 121 Å².